The lowest BCUT2D eigenvalue weighted by atomic mass is 10.2. The summed E-state index contributed by atoms with van der Waals surface area (Å²) in [5.41, 5.74) is 3.33. The summed E-state index contributed by atoms with van der Waals surface area (Å²) < 4.78 is 12.9. The van der Waals surface area contributed by atoms with Gasteiger partial charge in [0.25, 0.3) is 0 Å². The number of ether oxygens (including phenoxy) is 2. The van der Waals surface area contributed by atoms with E-state index in [2.05, 4.69) is 52.2 Å². The predicted octanol–water partition coefficient (Wildman–Crippen LogP) is 6.33. The van der Waals surface area contributed by atoms with Crippen molar-refractivity contribution in [1.82, 2.24) is 0 Å². The second-order valence-electron chi connectivity index (χ2n) is 6.44. The van der Waals surface area contributed by atoms with Gasteiger partial charge in [-0.1, -0.05) is 57.9 Å². The Kier molecular flexibility index (Phi) is 7.39. The standard InChI is InChI=1S/C22H23BrClNO2/c1-17-12-19(23)15-25(14-17)21-13-20(24)8-9-22(21)27-11-5-10-26-16-18-6-3-2-4-7-18/h2-4,6-9,12-14H,5,10-11,15-16H2,1H3. The Bertz CT molecular complexity index is 820. The number of rotatable bonds is 8. The maximum absolute atomic E-state index is 6.22. The van der Waals surface area contributed by atoms with Gasteiger partial charge in [-0.15, -0.1) is 0 Å². The lowest BCUT2D eigenvalue weighted by molar-refractivity contribution is 0.107. The highest BCUT2D eigenvalue weighted by atomic mass is 79.9. The summed E-state index contributed by atoms with van der Waals surface area (Å²) in [5.74, 6) is 0.828. The van der Waals surface area contributed by atoms with Gasteiger partial charge in [0.1, 0.15) is 5.75 Å². The lowest BCUT2D eigenvalue weighted by Crippen LogP contribution is -2.21. The van der Waals surface area contributed by atoms with Crippen LogP contribution in [0.2, 0.25) is 5.02 Å². The third-order valence-electron chi connectivity index (χ3n) is 4.10. The minimum atomic E-state index is 0.594. The molecule has 0 fully saturated rings. The van der Waals surface area contributed by atoms with Crippen LogP contribution in [0.1, 0.15) is 18.9 Å². The average molecular weight is 449 g/mol. The van der Waals surface area contributed by atoms with E-state index in [1.807, 2.05) is 36.4 Å². The molecule has 2 aromatic rings. The van der Waals surface area contributed by atoms with Crippen molar-refractivity contribution >= 4 is 33.2 Å². The number of allylic oxidation sites excluding steroid dienone is 2. The summed E-state index contributed by atoms with van der Waals surface area (Å²) in [7, 11) is 0. The van der Waals surface area contributed by atoms with E-state index >= 15 is 0 Å². The van der Waals surface area contributed by atoms with Crippen LogP contribution in [0.15, 0.2) is 70.9 Å². The predicted molar refractivity (Wildman–Crippen MR) is 116 cm³/mol. The van der Waals surface area contributed by atoms with E-state index in [4.69, 9.17) is 21.1 Å². The van der Waals surface area contributed by atoms with E-state index in [9.17, 15) is 0 Å². The van der Waals surface area contributed by atoms with E-state index in [0.29, 0.717) is 24.8 Å². The molecule has 27 heavy (non-hydrogen) atoms. The van der Waals surface area contributed by atoms with Gasteiger partial charge >= 0.3 is 0 Å². The molecule has 5 heteroatoms. The van der Waals surface area contributed by atoms with E-state index in [0.717, 1.165) is 28.9 Å². The molecule has 0 aromatic heterocycles. The molecule has 0 unspecified atom stereocenters. The first-order valence-corrected chi connectivity index (χ1v) is 10.1. The third-order valence-corrected chi connectivity index (χ3v) is 4.81. The van der Waals surface area contributed by atoms with Crippen LogP contribution >= 0.6 is 27.5 Å². The molecule has 1 heterocycles. The van der Waals surface area contributed by atoms with Crippen molar-refractivity contribution in [1.29, 1.82) is 0 Å². The molecule has 142 valence electrons. The van der Waals surface area contributed by atoms with E-state index in [-0.39, 0.29) is 0 Å². The largest absolute Gasteiger partial charge is 0.491 e. The zero-order valence-electron chi connectivity index (χ0n) is 15.3. The highest BCUT2D eigenvalue weighted by Gasteiger charge is 2.15. The summed E-state index contributed by atoms with van der Waals surface area (Å²) in [6.07, 6.45) is 5.05. The van der Waals surface area contributed by atoms with Crippen molar-refractivity contribution in [2.75, 3.05) is 24.7 Å². The maximum atomic E-state index is 6.22. The van der Waals surface area contributed by atoms with E-state index in [1.165, 1.54) is 11.1 Å². The Morgan fingerprint density at radius 3 is 2.70 bits per heavy atom. The molecule has 3 nitrogen and oxygen atoms in total. The van der Waals surface area contributed by atoms with E-state index < -0.39 is 0 Å². The molecule has 1 aliphatic heterocycles. The number of nitrogens with zero attached hydrogens (tertiary/aromatic N) is 1. The van der Waals surface area contributed by atoms with Crippen LogP contribution in [0.4, 0.5) is 5.69 Å². The zero-order chi connectivity index (χ0) is 19.1. The fraction of sp³-hybridized carbons (Fsp3) is 0.273. The molecule has 0 N–H and O–H groups in total. The molecule has 0 spiro atoms. The molecule has 3 rings (SSSR count). The molecule has 2 aromatic carbocycles. The Labute approximate surface area is 174 Å². The van der Waals surface area contributed by atoms with Crippen LogP contribution < -0.4 is 9.64 Å². The van der Waals surface area contributed by atoms with Crippen LogP contribution in [-0.4, -0.2) is 19.8 Å². The summed E-state index contributed by atoms with van der Waals surface area (Å²) in [5, 5.41) is 0.695. The van der Waals surface area contributed by atoms with E-state index in [1.54, 1.807) is 0 Å². The van der Waals surface area contributed by atoms with Gasteiger partial charge in [0.2, 0.25) is 0 Å². The molecule has 0 aliphatic carbocycles. The number of halogens is 2. The van der Waals surface area contributed by atoms with Crippen LogP contribution in [0.3, 0.4) is 0 Å². The third kappa shape index (κ3) is 6.13. The van der Waals surface area contributed by atoms with Crippen molar-refractivity contribution in [2.24, 2.45) is 0 Å². The molecular weight excluding hydrogens is 426 g/mol. The van der Waals surface area contributed by atoms with Gasteiger partial charge in [-0.3, -0.25) is 0 Å². The van der Waals surface area contributed by atoms with Crippen LogP contribution in [0.5, 0.6) is 5.75 Å². The highest BCUT2D eigenvalue weighted by Crippen LogP contribution is 2.34. The minimum absolute atomic E-state index is 0.594. The summed E-state index contributed by atoms with van der Waals surface area (Å²) in [6.45, 7) is 4.72. The van der Waals surface area contributed by atoms with Gasteiger partial charge in [0.05, 0.1) is 32.1 Å². The van der Waals surface area contributed by atoms with Gasteiger partial charge in [-0.05, 0) is 42.3 Å². The molecule has 0 radical (unpaired) electrons. The van der Waals surface area contributed by atoms with Gasteiger partial charge in [0, 0.05) is 22.1 Å². The van der Waals surface area contributed by atoms with Crippen molar-refractivity contribution in [3.8, 4) is 5.75 Å². The van der Waals surface area contributed by atoms with Crippen LogP contribution in [-0.2, 0) is 11.3 Å². The second-order valence-corrected chi connectivity index (χ2v) is 7.90. The molecule has 0 atom stereocenters. The molecule has 0 bridgehead atoms. The monoisotopic (exact) mass is 447 g/mol. The molecular formula is C22H23BrClNO2. The highest BCUT2D eigenvalue weighted by molar-refractivity contribution is 9.11. The molecule has 1 aliphatic rings. The van der Waals surface area contributed by atoms with Gasteiger partial charge < -0.3 is 14.4 Å². The Hall–Kier alpha value is -1.75. The minimum Gasteiger partial charge on any atom is -0.491 e. The number of hydrogen-bond donors (Lipinski definition) is 0. The van der Waals surface area contributed by atoms with Crippen molar-refractivity contribution in [3.05, 3.63) is 81.4 Å². The summed E-state index contributed by atoms with van der Waals surface area (Å²) in [4.78, 5) is 2.15. The number of hydrogen-bond acceptors (Lipinski definition) is 3. The number of anilines is 1. The summed E-state index contributed by atoms with van der Waals surface area (Å²) in [6, 6.07) is 15.9. The average Bonchev–Trinajstić information content (AvgIpc) is 2.65. The first-order chi connectivity index (χ1) is 13.1. The normalized spacial score (nSPS) is 14.0. The van der Waals surface area contributed by atoms with Gasteiger partial charge in [-0.2, -0.15) is 0 Å². The van der Waals surface area contributed by atoms with Crippen molar-refractivity contribution in [3.63, 3.8) is 0 Å². The Morgan fingerprint density at radius 2 is 1.93 bits per heavy atom. The Morgan fingerprint density at radius 1 is 1.11 bits per heavy atom. The molecule has 0 saturated heterocycles. The van der Waals surface area contributed by atoms with Crippen LogP contribution in [0.25, 0.3) is 0 Å². The number of benzene rings is 2. The quantitative estimate of drug-likeness (QED) is 0.441. The topological polar surface area (TPSA) is 21.7 Å². The lowest BCUT2D eigenvalue weighted by Gasteiger charge is -2.26. The fourth-order valence-corrected chi connectivity index (χ4v) is 3.68. The first-order valence-electron chi connectivity index (χ1n) is 8.97. The fourth-order valence-electron chi connectivity index (χ4n) is 2.88. The van der Waals surface area contributed by atoms with Gasteiger partial charge in [0.15, 0.2) is 0 Å². The Balaban J connectivity index is 1.52. The van der Waals surface area contributed by atoms with Crippen molar-refractivity contribution < 1.29 is 9.47 Å². The SMILES string of the molecule is CC1=CN(c2cc(Cl)ccc2OCCCOCc2ccccc2)CC(Br)=C1. The molecule has 0 amide bonds. The van der Waals surface area contributed by atoms with Crippen molar-refractivity contribution in [2.45, 2.75) is 20.0 Å². The summed E-state index contributed by atoms with van der Waals surface area (Å²) >= 11 is 9.82. The maximum Gasteiger partial charge on any atom is 0.143 e. The second kappa shape index (κ2) is 9.98. The smallest absolute Gasteiger partial charge is 0.143 e. The van der Waals surface area contributed by atoms with Crippen LogP contribution in [0, 0.1) is 0 Å². The zero-order valence-corrected chi connectivity index (χ0v) is 17.7. The first kappa shape index (κ1) is 20.0. The van der Waals surface area contributed by atoms with Gasteiger partial charge in [-0.25, -0.2) is 0 Å². The molecule has 0 saturated carbocycles.